The topological polar surface area (TPSA) is 95.2 Å². The Morgan fingerprint density at radius 1 is 1.04 bits per heavy atom. The summed E-state index contributed by atoms with van der Waals surface area (Å²) in [6.45, 7) is 0.229. The summed E-state index contributed by atoms with van der Waals surface area (Å²) in [4.78, 5) is 13.6. The van der Waals surface area contributed by atoms with Crippen molar-refractivity contribution < 1.29 is 14.0 Å². The van der Waals surface area contributed by atoms with Crippen LogP contribution in [0, 0.1) is 0 Å². The zero-order valence-corrected chi connectivity index (χ0v) is 15.7. The van der Waals surface area contributed by atoms with Gasteiger partial charge in [0.15, 0.2) is 16.7 Å². The molecule has 1 aliphatic heterocycles. The van der Waals surface area contributed by atoms with Gasteiger partial charge in [0.2, 0.25) is 18.5 Å². The Morgan fingerprint density at radius 2 is 1.93 bits per heavy atom. The molecule has 1 N–H and O–H groups in total. The summed E-state index contributed by atoms with van der Waals surface area (Å²) in [5.41, 5.74) is 1.69. The van der Waals surface area contributed by atoms with E-state index in [4.69, 9.17) is 14.0 Å². The summed E-state index contributed by atoms with van der Waals surface area (Å²) in [6, 6.07) is 13.4. The Morgan fingerprint density at radius 3 is 2.86 bits per heavy atom. The zero-order chi connectivity index (χ0) is 18.9. The lowest BCUT2D eigenvalue weighted by Crippen LogP contribution is -1.98. The monoisotopic (exact) mass is 393 g/mol. The van der Waals surface area contributed by atoms with Crippen molar-refractivity contribution in [1.29, 1.82) is 0 Å². The first-order chi connectivity index (χ1) is 13.8. The number of benzene rings is 2. The largest absolute Gasteiger partial charge is 0.454 e. The third-order valence-corrected chi connectivity index (χ3v) is 5.08. The highest BCUT2D eigenvalue weighted by molar-refractivity contribution is 7.98. The fourth-order valence-corrected chi connectivity index (χ4v) is 3.59. The molecule has 140 valence electrons. The Kier molecular flexibility index (Phi) is 4.21. The summed E-state index contributed by atoms with van der Waals surface area (Å²) < 4.78 is 16.1. The van der Waals surface area contributed by atoms with Crippen molar-refractivity contribution in [1.82, 2.24) is 20.1 Å². The van der Waals surface area contributed by atoms with Gasteiger partial charge < -0.3 is 19.3 Å². The lowest BCUT2D eigenvalue weighted by molar-refractivity contribution is 0.174. The van der Waals surface area contributed by atoms with Crippen LogP contribution in [0.3, 0.4) is 0 Å². The standard InChI is InChI=1S/C19H15N5O3S/c1-20-18-12-4-2-3-5-13(12)21-19(23-18)28-9-16-22-17(24-27-16)11-6-7-14-15(8-11)26-10-25-14/h2-8H,9-10H2,1H3,(H,20,21,23). The molecule has 0 unspecified atom stereocenters. The van der Waals surface area contributed by atoms with Gasteiger partial charge in [0.05, 0.1) is 11.3 Å². The van der Waals surface area contributed by atoms with Gasteiger partial charge >= 0.3 is 0 Å². The van der Waals surface area contributed by atoms with Crippen LogP contribution in [0.4, 0.5) is 5.82 Å². The highest BCUT2D eigenvalue weighted by Gasteiger charge is 2.17. The van der Waals surface area contributed by atoms with Gasteiger partial charge in [0, 0.05) is 18.0 Å². The molecule has 2 aromatic carbocycles. The van der Waals surface area contributed by atoms with Gasteiger partial charge in [-0.25, -0.2) is 9.97 Å². The number of fused-ring (bicyclic) bond motifs is 2. The van der Waals surface area contributed by atoms with Gasteiger partial charge in [-0.15, -0.1) is 0 Å². The lowest BCUT2D eigenvalue weighted by atomic mass is 10.2. The molecule has 0 aliphatic carbocycles. The first kappa shape index (κ1) is 16.8. The second-order valence-corrected chi connectivity index (χ2v) is 6.93. The first-order valence-corrected chi connectivity index (χ1v) is 9.58. The third-order valence-electron chi connectivity index (χ3n) is 4.24. The first-order valence-electron chi connectivity index (χ1n) is 8.60. The van der Waals surface area contributed by atoms with Crippen LogP contribution >= 0.6 is 11.8 Å². The molecule has 0 fully saturated rings. The summed E-state index contributed by atoms with van der Waals surface area (Å²) in [7, 11) is 1.85. The normalized spacial score (nSPS) is 12.5. The Bertz CT molecular complexity index is 1160. The summed E-state index contributed by atoms with van der Waals surface area (Å²) in [6.07, 6.45) is 0. The number of ether oxygens (including phenoxy) is 2. The molecular weight excluding hydrogens is 378 g/mol. The lowest BCUT2D eigenvalue weighted by Gasteiger charge is -2.06. The quantitative estimate of drug-likeness (QED) is 0.402. The molecule has 0 amide bonds. The number of thioether (sulfide) groups is 1. The number of aromatic nitrogens is 4. The van der Waals surface area contributed by atoms with Gasteiger partial charge in [-0.3, -0.25) is 0 Å². The molecule has 8 nitrogen and oxygen atoms in total. The number of para-hydroxylation sites is 1. The summed E-state index contributed by atoms with van der Waals surface area (Å²) >= 11 is 1.44. The number of hydrogen-bond donors (Lipinski definition) is 1. The maximum Gasteiger partial charge on any atom is 0.237 e. The average molecular weight is 393 g/mol. The van der Waals surface area contributed by atoms with E-state index in [-0.39, 0.29) is 6.79 Å². The molecule has 1 aliphatic rings. The number of nitrogens with zero attached hydrogens (tertiary/aromatic N) is 4. The maximum atomic E-state index is 5.39. The molecule has 0 radical (unpaired) electrons. The zero-order valence-electron chi connectivity index (χ0n) is 14.9. The SMILES string of the molecule is CNc1nc(SCc2nc(-c3ccc4c(c3)OCO4)no2)nc2ccccc12. The summed E-state index contributed by atoms with van der Waals surface area (Å²) in [5, 5.41) is 8.80. The molecule has 5 rings (SSSR count). The van der Waals surface area contributed by atoms with Crippen molar-refractivity contribution in [2.45, 2.75) is 10.9 Å². The second-order valence-electron chi connectivity index (χ2n) is 5.99. The van der Waals surface area contributed by atoms with Crippen LogP contribution in [-0.4, -0.2) is 33.9 Å². The van der Waals surface area contributed by atoms with E-state index in [0.29, 0.717) is 28.4 Å². The van der Waals surface area contributed by atoms with Crippen LogP contribution < -0.4 is 14.8 Å². The van der Waals surface area contributed by atoms with E-state index in [0.717, 1.165) is 28.0 Å². The maximum absolute atomic E-state index is 5.39. The van der Waals surface area contributed by atoms with Gasteiger partial charge in [-0.05, 0) is 30.3 Å². The van der Waals surface area contributed by atoms with Crippen molar-refractivity contribution in [3.05, 3.63) is 48.4 Å². The minimum Gasteiger partial charge on any atom is -0.454 e. The molecule has 0 saturated heterocycles. The molecule has 28 heavy (non-hydrogen) atoms. The van der Waals surface area contributed by atoms with Crippen LogP contribution in [0.5, 0.6) is 11.5 Å². The molecule has 4 aromatic rings. The fraction of sp³-hybridized carbons (Fsp3) is 0.158. The highest BCUT2D eigenvalue weighted by Crippen LogP contribution is 2.35. The number of anilines is 1. The molecular formula is C19H15N5O3S. The Hall–Kier alpha value is -3.33. The minimum absolute atomic E-state index is 0.229. The number of hydrogen-bond acceptors (Lipinski definition) is 9. The molecule has 2 aromatic heterocycles. The Labute approximate surface area is 164 Å². The van der Waals surface area contributed by atoms with Crippen molar-refractivity contribution in [3.8, 4) is 22.9 Å². The van der Waals surface area contributed by atoms with E-state index in [1.807, 2.05) is 49.5 Å². The van der Waals surface area contributed by atoms with Crippen LogP contribution in [0.15, 0.2) is 52.1 Å². The smallest absolute Gasteiger partial charge is 0.237 e. The average Bonchev–Trinajstić information content (AvgIpc) is 3.40. The van der Waals surface area contributed by atoms with Crippen molar-refractivity contribution >= 4 is 28.5 Å². The van der Waals surface area contributed by atoms with E-state index in [2.05, 4.69) is 25.4 Å². The van der Waals surface area contributed by atoms with Gasteiger partial charge in [-0.2, -0.15) is 4.98 Å². The van der Waals surface area contributed by atoms with Crippen LogP contribution in [0.2, 0.25) is 0 Å². The third kappa shape index (κ3) is 3.09. The van der Waals surface area contributed by atoms with Gasteiger partial charge in [0.25, 0.3) is 0 Å². The number of nitrogens with one attached hydrogen (secondary N) is 1. The van der Waals surface area contributed by atoms with E-state index in [1.165, 1.54) is 11.8 Å². The minimum atomic E-state index is 0.229. The van der Waals surface area contributed by atoms with E-state index in [9.17, 15) is 0 Å². The molecule has 0 saturated carbocycles. The van der Waals surface area contributed by atoms with Gasteiger partial charge in [0.1, 0.15) is 5.82 Å². The molecule has 9 heteroatoms. The predicted molar refractivity (Wildman–Crippen MR) is 105 cm³/mol. The van der Waals surface area contributed by atoms with Gasteiger partial charge in [-0.1, -0.05) is 29.1 Å². The van der Waals surface area contributed by atoms with E-state index >= 15 is 0 Å². The highest BCUT2D eigenvalue weighted by atomic mass is 32.2. The number of rotatable bonds is 5. The second kappa shape index (κ2) is 7.01. The van der Waals surface area contributed by atoms with Crippen molar-refractivity contribution in [3.63, 3.8) is 0 Å². The van der Waals surface area contributed by atoms with Crippen molar-refractivity contribution in [2.24, 2.45) is 0 Å². The van der Waals surface area contributed by atoms with Crippen LogP contribution in [0.25, 0.3) is 22.3 Å². The van der Waals surface area contributed by atoms with Crippen LogP contribution in [-0.2, 0) is 5.75 Å². The fourth-order valence-electron chi connectivity index (χ4n) is 2.90. The summed E-state index contributed by atoms with van der Waals surface area (Å²) in [5.74, 6) is 3.67. The molecule has 0 atom stereocenters. The van der Waals surface area contributed by atoms with Crippen molar-refractivity contribution in [2.75, 3.05) is 19.2 Å². The van der Waals surface area contributed by atoms with E-state index < -0.39 is 0 Å². The van der Waals surface area contributed by atoms with E-state index in [1.54, 1.807) is 0 Å². The molecule has 0 spiro atoms. The predicted octanol–water partition coefficient (Wildman–Crippen LogP) is 3.74. The molecule has 0 bridgehead atoms. The molecule has 3 heterocycles. The van der Waals surface area contributed by atoms with Crippen LogP contribution in [0.1, 0.15) is 5.89 Å². The Balaban J connectivity index is 1.35.